The van der Waals surface area contributed by atoms with Crippen LogP contribution in [0, 0.1) is 17.2 Å². The van der Waals surface area contributed by atoms with Gasteiger partial charge in [0.15, 0.2) is 5.65 Å². The number of nitrogens with zero attached hydrogens (tertiary/aromatic N) is 7. The third kappa shape index (κ3) is 3.28. The zero-order valence-corrected chi connectivity index (χ0v) is 16.4. The van der Waals surface area contributed by atoms with Crippen LogP contribution < -0.4 is 4.90 Å². The number of anilines is 1. The van der Waals surface area contributed by atoms with Crippen LogP contribution in [0.25, 0.3) is 5.65 Å². The van der Waals surface area contributed by atoms with Gasteiger partial charge in [-0.05, 0) is 36.6 Å². The maximum atomic E-state index is 13.2. The van der Waals surface area contributed by atoms with E-state index in [-0.39, 0.29) is 17.9 Å². The van der Waals surface area contributed by atoms with Gasteiger partial charge in [0.2, 0.25) is 5.91 Å². The van der Waals surface area contributed by atoms with Crippen molar-refractivity contribution in [1.82, 2.24) is 19.6 Å². The topological polar surface area (TPSA) is 89.9 Å². The van der Waals surface area contributed by atoms with E-state index in [2.05, 4.69) is 26.2 Å². The predicted molar refractivity (Wildman–Crippen MR) is 112 cm³/mol. The minimum Gasteiger partial charge on any atom is -0.356 e. The Morgan fingerprint density at radius 3 is 2.87 bits per heavy atom. The summed E-state index contributed by atoms with van der Waals surface area (Å²) >= 11 is 0. The zero-order valence-electron chi connectivity index (χ0n) is 16.4. The molecule has 30 heavy (non-hydrogen) atoms. The Labute approximate surface area is 174 Å². The number of benzene rings is 1. The van der Waals surface area contributed by atoms with Crippen molar-refractivity contribution in [2.45, 2.75) is 25.3 Å². The van der Waals surface area contributed by atoms with Crippen molar-refractivity contribution < 1.29 is 4.79 Å². The molecule has 0 spiro atoms. The normalized spacial score (nSPS) is 19.4. The molecule has 1 atom stereocenters. The Hall–Kier alpha value is -3.73. The summed E-state index contributed by atoms with van der Waals surface area (Å²) in [7, 11) is 0. The Morgan fingerprint density at radius 2 is 2.03 bits per heavy atom. The molecule has 8 nitrogen and oxygen atoms in total. The molecule has 1 saturated heterocycles. The van der Waals surface area contributed by atoms with Gasteiger partial charge in [0.05, 0.1) is 23.9 Å². The van der Waals surface area contributed by atoms with Crippen molar-refractivity contribution in [1.29, 1.82) is 5.26 Å². The highest BCUT2D eigenvalue weighted by Gasteiger charge is 2.35. The molecule has 2 aliphatic heterocycles. The largest absolute Gasteiger partial charge is 0.356 e. The number of piperidine rings is 1. The van der Waals surface area contributed by atoms with Crippen LogP contribution >= 0.6 is 0 Å². The summed E-state index contributed by atoms with van der Waals surface area (Å²) < 4.78 is 1.74. The Balaban J connectivity index is 1.26. The first-order chi connectivity index (χ1) is 14.7. The summed E-state index contributed by atoms with van der Waals surface area (Å²) in [6.07, 6.45) is 7.64. The highest BCUT2D eigenvalue weighted by molar-refractivity contribution is 5.82. The summed E-state index contributed by atoms with van der Waals surface area (Å²) in [5, 5.41) is 19.3. The zero-order chi connectivity index (χ0) is 20.5. The van der Waals surface area contributed by atoms with Crippen LogP contribution in [0.3, 0.4) is 0 Å². The van der Waals surface area contributed by atoms with E-state index >= 15 is 0 Å². The average molecular weight is 399 g/mol. The van der Waals surface area contributed by atoms with Crippen LogP contribution in [-0.2, 0) is 4.79 Å². The van der Waals surface area contributed by atoms with Crippen molar-refractivity contribution >= 4 is 23.6 Å². The fourth-order valence-corrected chi connectivity index (χ4v) is 4.24. The second kappa shape index (κ2) is 7.59. The first kappa shape index (κ1) is 18.3. The number of carbonyl (C=O) groups excluding carboxylic acids is 1. The summed E-state index contributed by atoms with van der Waals surface area (Å²) in [4.78, 5) is 20.1. The van der Waals surface area contributed by atoms with Gasteiger partial charge in [-0.15, -0.1) is 0 Å². The lowest BCUT2D eigenvalue weighted by molar-refractivity contribution is -0.138. The van der Waals surface area contributed by atoms with Crippen LogP contribution in [0.15, 0.2) is 53.9 Å². The molecule has 0 radical (unpaired) electrons. The summed E-state index contributed by atoms with van der Waals surface area (Å²) in [6.45, 7) is 1.56. The summed E-state index contributed by atoms with van der Waals surface area (Å²) in [6, 6.07) is 13.3. The monoisotopic (exact) mass is 399 g/mol. The van der Waals surface area contributed by atoms with Gasteiger partial charge in [-0.2, -0.15) is 15.5 Å². The van der Waals surface area contributed by atoms with Gasteiger partial charge in [0.1, 0.15) is 5.82 Å². The second-order valence-electron chi connectivity index (χ2n) is 7.65. The molecule has 8 heteroatoms. The molecule has 2 aliphatic rings. The molecule has 1 amide bonds. The number of fused-ring (bicyclic) bond motifs is 1. The van der Waals surface area contributed by atoms with Gasteiger partial charge in [0, 0.05) is 43.9 Å². The number of rotatable bonds is 3. The minimum absolute atomic E-state index is 0.0585. The molecular formula is C22H21N7O. The van der Waals surface area contributed by atoms with E-state index in [9.17, 15) is 10.1 Å². The molecule has 0 saturated carbocycles. The van der Waals surface area contributed by atoms with E-state index in [1.165, 1.54) is 0 Å². The molecule has 150 valence electrons. The Kier molecular flexibility index (Phi) is 4.64. The van der Waals surface area contributed by atoms with E-state index in [0.29, 0.717) is 12.0 Å². The van der Waals surface area contributed by atoms with E-state index in [1.54, 1.807) is 28.0 Å². The lowest BCUT2D eigenvalue weighted by Gasteiger charge is -2.34. The molecule has 0 N–H and O–H groups in total. The number of nitriles is 1. The van der Waals surface area contributed by atoms with Crippen molar-refractivity contribution in [3.8, 4) is 6.07 Å². The van der Waals surface area contributed by atoms with Crippen LogP contribution in [0.2, 0.25) is 0 Å². The number of hydrogen-bond donors (Lipinski definition) is 0. The molecule has 0 unspecified atom stereocenters. The predicted octanol–water partition coefficient (Wildman–Crippen LogP) is 2.78. The molecule has 3 aromatic rings. The maximum Gasteiger partial charge on any atom is 0.246 e. The van der Waals surface area contributed by atoms with Crippen LogP contribution in [0.4, 0.5) is 5.82 Å². The lowest BCUT2D eigenvalue weighted by Crippen LogP contribution is -2.41. The smallest absolute Gasteiger partial charge is 0.246 e. The Morgan fingerprint density at radius 1 is 1.17 bits per heavy atom. The van der Waals surface area contributed by atoms with E-state index < -0.39 is 0 Å². The molecular weight excluding hydrogens is 378 g/mol. The van der Waals surface area contributed by atoms with E-state index in [4.69, 9.17) is 0 Å². The van der Waals surface area contributed by atoms with Crippen LogP contribution in [-0.4, -0.2) is 44.8 Å². The molecule has 1 aromatic carbocycles. The van der Waals surface area contributed by atoms with E-state index in [0.717, 1.165) is 43.0 Å². The average Bonchev–Trinajstić information content (AvgIpc) is 3.48. The minimum atomic E-state index is -0.130. The van der Waals surface area contributed by atoms with Crippen LogP contribution in [0.5, 0.6) is 0 Å². The number of amides is 1. The van der Waals surface area contributed by atoms with Gasteiger partial charge in [-0.1, -0.05) is 12.1 Å². The second-order valence-corrected chi connectivity index (χ2v) is 7.65. The first-order valence-electron chi connectivity index (χ1n) is 10.1. The molecule has 4 heterocycles. The summed E-state index contributed by atoms with van der Waals surface area (Å²) in [5.74, 6) is 0.922. The lowest BCUT2D eigenvalue weighted by atomic mass is 9.94. The van der Waals surface area contributed by atoms with E-state index in [1.807, 2.05) is 36.5 Å². The van der Waals surface area contributed by atoms with Gasteiger partial charge in [-0.25, -0.2) is 14.5 Å². The number of hydrazone groups is 1. The quantitative estimate of drug-likeness (QED) is 0.676. The van der Waals surface area contributed by atoms with Gasteiger partial charge < -0.3 is 4.90 Å². The highest BCUT2D eigenvalue weighted by Crippen LogP contribution is 2.32. The van der Waals surface area contributed by atoms with Gasteiger partial charge in [-0.3, -0.25) is 4.79 Å². The number of carbonyl (C=O) groups is 1. The van der Waals surface area contributed by atoms with Crippen molar-refractivity contribution in [2.24, 2.45) is 11.0 Å². The van der Waals surface area contributed by atoms with Crippen molar-refractivity contribution in [3.63, 3.8) is 0 Å². The Bertz CT molecular complexity index is 1150. The molecule has 2 aromatic heterocycles. The van der Waals surface area contributed by atoms with Gasteiger partial charge >= 0.3 is 0 Å². The molecule has 5 rings (SSSR count). The number of aromatic nitrogens is 3. The fraction of sp³-hybridized carbons (Fsp3) is 0.318. The summed E-state index contributed by atoms with van der Waals surface area (Å²) in [5.41, 5.74) is 2.37. The first-order valence-corrected chi connectivity index (χ1v) is 10.1. The standard InChI is InChI=1S/C22H21N7O/c23-15-16-2-1-3-18(14-16)19-4-9-25-29(19)22(30)17-6-11-27(12-7-17)20-8-13-28-21(26-20)5-10-24-28/h1-3,5,8-10,13-14,17,19H,4,6-7,11-12H2/t19-/m0/s1. The molecule has 0 aliphatic carbocycles. The van der Waals surface area contributed by atoms with Crippen LogP contribution in [0.1, 0.15) is 36.4 Å². The van der Waals surface area contributed by atoms with Crippen molar-refractivity contribution in [2.75, 3.05) is 18.0 Å². The maximum absolute atomic E-state index is 13.2. The molecule has 1 fully saturated rings. The number of hydrogen-bond acceptors (Lipinski definition) is 6. The third-order valence-corrected chi connectivity index (χ3v) is 5.87. The molecule has 0 bridgehead atoms. The highest BCUT2D eigenvalue weighted by atomic mass is 16.2. The SMILES string of the molecule is N#Cc1cccc([C@@H]2CC=NN2C(=O)C2CCN(c3ccn4nccc4n3)CC2)c1. The third-order valence-electron chi connectivity index (χ3n) is 5.87. The van der Waals surface area contributed by atoms with Crippen molar-refractivity contribution in [3.05, 3.63) is 59.9 Å². The van der Waals surface area contributed by atoms with Gasteiger partial charge in [0.25, 0.3) is 0 Å². The fourth-order valence-electron chi connectivity index (χ4n) is 4.24.